The number of benzene rings is 3. The molecule has 0 amide bonds. The van der Waals surface area contributed by atoms with E-state index in [4.69, 9.17) is 5.73 Å². The van der Waals surface area contributed by atoms with Crippen LogP contribution in [-0.4, -0.2) is 0 Å². The second-order valence-corrected chi connectivity index (χ2v) is 6.95. The standard InChI is InChI=1S/C20H18N2S/c1-13(14-5-4-6-16(21)11-14)15-9-10-20-18(12-15)22-17-7-2-3-8-19(17)23-20/h2-13,22H,21H2,1H3. The molecule has 0 radical (unpaired) electrons. The Kier molecular flexibility index (Phi) is 3.50. The van der Waals surface area contributed by atoms with E-state index in [9.17, 15) is 0 Å². The van der Waals surface area contributed by atoms with Gasteiger partial charge in [-0.25, -0.2) is 0 Å². The molecule has 1 unspecified atom stereocenters. The minimum Gasteiger partial charge on any atom is -0.399 e. The summed E-state index contributed by atoms with van der Waals surface area (Å²) in [7, 11) is 0. The lowest BCUT2D eigenvalue weighted by atomic mass is 9.92. The van der Waals surface area contributed by atoms with Crippen LogP contribution in [0.2, 0.25) is 0 Å². The molecule has 0 fully saturated rings. The van der Waals surface area contributed by atoms with Gasteiger partial charge >= 0.3 is 0 Å². The molecule has 3 N–H and O–H groups in total. The van der Waals surface area contributed by atoms with Gasteiger partial charge in [-0.15, -0.1) is 0 Å². The molecule has 0 saturated carbocycles. The van der Waals surface area contributed by atoms with Crippen LogP contribution in [0.1, 0.15) is 24.0 Å². The Bertz CT molecular complexity index is 873. The molecule has 4 rings (SSSR count). The van der Waals surface area contributed by atoms with Crippen LogP contribution in [0.15, 0.2) is 76.5 Å². The number of nitrogens with two attached hydrogens (primary N) is 1. The highest BCUT2D eigenvalue weighted by atomic mass is 32.2. The number of anilines is 3. The molecule has 2 nitrogen and oxygen atoms in total. The first-order chi connectivity index (χ1) is 11.2. The number of nitrogen functional groups attached to an aromatic ring is 1. The van der Waals surface area contributed by atoms with E-state index in [1.165, 1.54) is 32.3 Å². The molecule has 114 valence electrons. The second kappa shape index (κ2) is 5.67. The lowest BCUT2D eigenvalue weighted by molar-refractivity contribution is 0.921. The summed E-state index contributed by atoms with van der Waals surface area (Å²) >= 11 is 1.82. The summed E-state index contributed by atoms with van der Waals surface area (Å²) in [6, 6.07) is 23.2. The van der Waals surface area contributed by atoms with Crippen molar-refractivity contribution in [2.45, 2.75) is 22.6 Å². The molecule has 23 heavy (non-hydrogen) atoms. The Morgan fingerprint density at radius 1 is 0.826 bits per heavy atom. The van der Waals surface area contributed by atoms with E-state index in [0.29, 0.717) is 5.92 Å². The van der Waals surface area contributed by atoms with Gasteiger partial charge in [-0.1, -0.05) is 49.0 Å². The first kappa shape index (κ1) is 14.2. The fraction of sp³-hybridized carbons (Fsp3) is 0.100. The maximum atomic E-state index is 5.92. The van der Waals surface area contributed by atoms with Gasteiger partial charge in [-0.2, -0.15) is 0 Å². The predicted molar refractivity (Wildman–Crippen MR) is 98.7 cm³/mol. The Hall–Kier alpha value is -2.39. The molecular formula is C20H18N2S. The van der Waals surface area contributed by atoms with Crippen molar-refractivity contribution in [3.63, 3.8) is 0 Å². The minimum absolute atomic E-state index is 0.313. The van der Waals surface area contributed by atoms with Crippen LogP contribution in [0.4, 0.5) is 17.1 Å². The van der Waals surface area contributed by atoms with Gasteiger partial charge in [-0.3, -0.25) is 0 Å². The number of rotatable bonds is 2. The van der Waals surface area contributed by atoms with E-state index in [1.54, 1.807) is 0 Å². The van der Waals surface area contributed by atoms with Crippen molar-refractivity contribution in [1.82, 2.24) is 0 Å². The molecule has 3 heteroatoms. The third-order valence-corrected chi connectivity index (χ3v) is 5.44. The van der Waals surface area contributed by atoms with Crippen molar-refractivity contribution in [3.8, 4) is 0 Å². The predicted octanol–water partition coefficient (Wildman–Crippen LogP) is 5.63. The summed E-state index contributed by atoms with van der Waals surface area (Å²) in [5.74, 6) is 0.313. The van der Waals surface area contributed by atoms with E-state index >= 15 is 0 Å². The van der Waals surface area contributed by atoms with Crippen molar-refractivity contribution in [2.75, 3.05) is 11.1 Å². The fourth-order valence-electron chi connectivity index (χ4n) is 2.95. The highest BCUT2D eigenvalue weighted by Crippen LogP contribution is 2.45. The number of hydrogen-bond donors (Lipinski definition) is 2. The monoisotopic (exact) mass is 318 g/mol. The van der Waals surface area contributed by atoms with Crippen molar-refractivity contribution in [1.29, 1.82) is 0 Å². The second-order valence-electron chi connectivity index (χ2n) is 5.87. The van der Waals surface area contributed by atoms with Gasteiger partial charge in [0.2, 0.25) is 0 Å². The third kappa shape index (κ3) is 2.68. The average molecular weight is 318 g/mol. The van der Waals surface area contributed by atoms with Gasteiger partial charge in [-0.05, 0) is 47.5 Å². The van der Waals surface area contributed by atoms with E-state index < -0.39 is 0 Å². The summed E-state index contributed by atoms with van der Waals surface area (Å²) in [5, 5.41) is 3.55. The molecule has 1 atom stereocenters. The van der Waals surface area contributed by atoms with Crippen molar-refractivity contribution in [2.24, 2.45) is 0 Å². The zero-order valence-corrected chi connectivity index (χ0v) is 13.7. The topological polar surface area (TPSA) is 38.0 Å². The summed E-state index contributed by atoms with van der Waals surface area (Å²) in [6.45, 7) is 2.22. The van der Waals surface area contributed by atoms with E-state index in [1.807, 2.05) is 23.9 Å². The van der Waals surface area contributed by atoms with Gasteiger partial charge in [0, 0.05) is 21.4 Å². The molecule has 1 heterocycles. The van der Waals surface area contributed by atoms with Crippen LogP contribution in [0, 0.1) is 0 Å². The first-order valence-electron chi connectivity index (χ1n) is 7.74. The molecule has 0 spiro atoms. The van der Waals surface area contributed by atoms with Crippen LogP contribution in [0.5, 0.6) is 0 Å². The molecule has 3 aromatic carbocycles. The number of hydrogen-bond acceptors (Lipinski definition) is 3. The number of fused-ring (bicyclic) bond motifs is 2. The average Bonchev–Trinajstić information content (AvgIpc) is 2.59. The minimum atomic E-state index is 0.313. The van der Waals surface area contributed by atoms with Crippen molar-refractivity contribution in [3.05, 3.63) is 77.9 Å². The molecule has 1 aliphatic rings. The third-order valence-electron chi connectivity index (χ3n) is 4.29. The zero-order chi connectivity index (χ0) is 15.8. The number of para-hydroxylation sites is 1. The quantitative estimate of drug-likeness (QED) is 0.470. The van der Waals surface area contributed by atoms with Crippen LogP contribution in [-0.2, 0) is 0 Å². The fourth-order valence-corrected chi connectivity index (χ4v) is 3.92. The van der Waals surface area contributed by atoms with Crippen molar-refractivity contribution < 1.29 is 0 Å². The molecule has 0 aromatic heterocycles. The maximum Gasteiger partial charge on any atom is 0.0529 e. The number of nitrogens with one attached hydrogen (secondary N) is 1. The Morgan fingerprint density at radius 2 is 1.61 bits per heavy atom. The van der Waals surface area contributed by atoms with E-state index in [-0.39, 0.29) is 0 Å². The van der Waals surface area contributed by atoms with Gasteiger partial charge in [0.1, 0.15) is 0 Å². The lowest BCUT2D eigenvalue weighted by Crippen LogP contribution is -2.02. The Morgan fingerprint density at radius 3 is 2.48 bits per heavy atom. The first-order valence-corrected chi connectivity index (χ1v) is 8.55. The van der Waals surface area contributed by atoms with E-state index in [0.717, 1.165) is 5.69 Å². The lowest BCUT2D eigenvalue weighted by Gasteiger charge is -2.22. The van der Waals surface area contributed by atoms with Gasteiger partial charge < -0.3 is 11.1 Å². The highest BCUT2D eigenvalue weighted by molar-refractivity contribution is 7.99. The van der Waals surface area contributed by atoms with Crippen molar-refractivity contribution >= 4 is 28.8 Å². The van der Waals surface area contributed by atoms with Crippen LogP contribution in [0.25, 0.3) is 0 Å². The van der Waals surface area contributed by atoms with Gasteiger partial charge in [0.05, 0.1) is 11.4 Å². The summed E-state index contributed by atoms with van der Waals surface area (Å²) in [4.78, 5) is 2.55. The Labute approximate surface area is 140 Å². The zero-order valence-electron chi connectivity index (χ0n) is 12.9. The summed E-state index contributed by atoms with van der Waals surface area (Å²) in [6.07, 6.45) is 0. The van der Waals surface area contributed by atoms with E-state index in [2.05, 4.69) is 66.8 Å². The molecule has 0 saturated heterocycles. The highest BCUT2D eigenvalue weighted by Gasteiger charge is 2.17. The molecule has 0 bridgehead atoms. The normalized spacial score (nSPS) is 13.6. The van der Waals surface area contributed by atoms with Gasteiger partial charge in [0.15, 0.2) is 0 Å². The van der Waals surface area contributed by atoms with Gasteiger partial charge in [0.25, 0.3) is 0 Å². The van der Waals surface area contributed by atoms with Crippen LogP contribution >= 0.6 is 11.8 Å². The Balaban J connectivity index is 1.68. The summed E-state index contributed by atoms with van der Waals surface area (Å²) in [5.41, 5.74) is 11.6. The molecule has 1 aliphatic heterocycles. The molecule has 0 aliphatic carbocycles. The van der Waals surface area contributed by atoms with Crippen LogP contribution in [0.3, 0.4) is 0 Å². The summed E-state index contributed by atoms with van der Waals surface area (Å²) < 4.78 is 0. The van der Waals surface area contributed by atoms with Crippen LogP contribution < -0.4 is 11.1 Å². The largest absolute Gasteiger partial charge is 0.399 e. The maximum absolute atomic E-state index is 5.92. The molecule has 3 aromatic rings. The SMILES string of the molecule is CC(c1cccc(N)c1)c1ccc2c(c1)Nc1ccccc1S2. The molecular weight excluding hydrogens is 300 g/mol. The smallest absolute Gasteiger partial charge is 0.0529 e.